The first kappa shape index (κ1) is 15.9. The largest absolute Gasteiger partial charge is 0.366 e. The molecule has 0 bridgehead atoms. The van der Waals surface area contributed by atoms with Gasteiger partial charge in [0.25, 0.3) is 0 Å². The van der Waals surface area contributed by atoms with Gasteiger partial charge in [-0.2, -0.15) is 0 Å². The molecule has 0 heterocycles. The molecule has 5 heteroatoms. The van der Waals surface area contributed by atoms with Crippen LogP contribution in [0.15, 0.2) is 59.5 Å². The SMILES string of the molecule is CS(=O)(=O)c1ccc(N(CCCl)Cc2ccccc2)cc1. The first-order valence-electron chi connectivity index (χ1n) is 6.65. The number of nitrogens with zero attached hydrogens (tertiary/aromatic N) is 1. The van der Waals surface area contributed by atoms with Gasteiger partial charge in [0.2, 0.25) is 0 Å². The number of anilines is 1. The molecule has 2 aromatic rings. The van der Waals surface area contributed by atoms with Gasteiger partial charge < -0.3 is 4.90 Å². The van der Waals surface area contributed by atoms with Crippen molar-refractivity contribution < 1.29 is 8.42 Å². The summed E-state index contributed by atoms with van der Waals surface area (Å²) in [5, 5.41) is 0. The summed E-state index contributed by atoms with van der Waals surface area (Å²) in [6.45, 7) is 1.44. The highest BCUT2D eigenvalue weighted by atomic mass is 35.5. The van der Waals surface area contributed by atoms with E-state index in [1.165, 1.54) is 11.8 Å². The molecule has 0 aromatic heterocycles. The summed E-state index contributed by atoms with van der Waals surface area (Å²) >= 11 is 5.88. The molecule has 0 aliphatic rings. The van der Waals surface area contributed by atoms with Crippen molar-refractivity contribution in [1.82, 2.24) is 0 Å². The van der Waals surface area contributed by atoms with Crippen molar-refractivity contribution >= 4 is 27.1 Å². The molecule has 2 aromatic carbocycles. The zero-order valence-corrected chi connectivity index (χ0v) is 13.4. The highest BCUT2D eigenvalue weighted by Gasteiger charge is 2.10. The van der Waals surface area contributed by atoms with Crippen molar-refractivity contribution in [3.63, 3.8) is 0 Å². The van der Waals surface area contributed by atoms with E-state index in [-0.39, 0.29) is 0 Å². The summed E-state index contributed by atoms with van der Waals surface area (Å²) in [4.78, 5) is 2.46. The number of sulfone groups is 1. The minimum Gasteiger partial charge on any atom is -0.366 e. The molecule has 0 N–H and O–H groups in total. The predicted molar refractivity (Wildman–Crippen MR) is 87.8 cm³/mol. The zero-order valence-electron chi connectivity index (χ0n) is 11.9. The van der Waals surface area contributed by atoms with Crippen LogP contribution in [0.25, 0.3) is 0 Å². The molecule has 0 aliphatic carbocycles. The van der Waals surface area contributed by atoms with E-state index < -0.39 is 9.84 Å². The first-order chi connectivity index (χ1) is 10.0. The summed E-state index contributed by atoms with van der Waals surface area (Å²) in [7, 11) is -3.16. The van der Waals surface area contributed by atoms with Gasteiger partial charge in [0, 0.05) is 30.9 Å². The van der Waals surface area contributed by atoms with Gasteiger partial charge in [-0.25, -0.2) is 8.42 Å². The summed E-state index contributed by atoms with van der Waals surface area (Å²) < 4.78 is 23.0. The van der Waals surface area contributed by atoms with Crippen LogP contribution in [0.2, 0.25) is 0 Å². The van der Waals surface area contributed by atoms with Crippen LogP contribution in [0.4, 0.5) is 5.69 Å². The van der Waals surface area contributed by atoms with E-state index in [0.29, 0.717) is 17.3 Å². The fraction of sp³-hybridized carbons (Fsp3) is 0.250. The zero-order chi connectivity index (χ0) is 15.3. The predicted octanol–water partition coefficient (Wildman–Crippen LogP) is 3.34. The van der Waals surface area contributed by atoms with Gasteiger partial charge in [-0.1, -0.05) is 30.3 Å². The fourth-order valence-electron chi connectivity index (χ4n) is 2.11. The second-order valence-electron chi connectivity index (χ2n) is 4.86. The van der Waals surface area contributed by atoms with Crippen LogP contribution in [0.5, 0.6) is 0 Å². The maximum Gasteiger partial charge on any atom is 0.175 e. The van der Waals surface area contributed by atoms with Crippen molar-refractivity contribution in [2.45, 2.75) is 11.4 Å². The molecule has 0 unspecified atom stereocenters. The van der Waals surface area contributed by atoms with Crippen molar-refractivity contribution in [1.29, 1.82) is 0 Å². The summed E-state index contributed by atoms with van der Waals surface area (Å²) in [6, 6.07) is 17.0. The average Bonchev–Trinajstić information content (AvgIpc) is 2.47. The Morgan fingerprint density at radius 3 is 2.14 bits per heavy atom. The Labute approximate surface area is 131 Å². The topological polar surface area (TPSA) is 37.4 Å². The molecule has 0 radical (unpaired) electrons. The fourth-order valence-corrected chi connectivity index (χ4v) is 2.94. The Kier molecular flexibility index (Phi) is 5.26. The van der Waals surface area contributed by atoms with Crippen LogP contribution in [-0.4, -0.2) is 27.1 Å². The Morgan fingerprint density at radius 1 is 1.00 bits per heavy atom. The Bertz CT molecular complexity index is 669. The smallest absolute Gasteiger partial charge is 0.175 e. The highest BCUT2D eigenvalue weighted by molar-refractivity contribution is 7.90. The molecule has 0 atom stereocenters. The van der Waals surface area contributed by atoms with Gasteiger partial charge in [-0.15, -0.1) is 11.6 Å². The standard InChI is InChI=1S/C16H18ClNO2S/c1-21(19,20)16-9-7-15(8-10-16)18(12-11-17)13-14-5-3-2-4-6-14/h2-10H,11-13H2,1H3. The minimum atomic E-state index is -3.16. The summed E-state index contributed by atoms with van der Waals surface area (Å²) in [5.41, 5.74) is 2.15. The van der Waals surface area contributed by atoms with Gasteiger partial charge in [0.15, 0.2) is 9.84 Å². The monoisotopic (exact) mass is 323 g/mol. The highest BCUT2D eigenvalue weighted by Crippen LogP contribution is 2.20. The Hall–Kier alpha value is -1.52. The normalized spacial score (nSPS) is 11.3. The number of benzene rings is 2. The van der Waals surface area contributed by atoms with Gasteiger partial charge in [-0.3, -0.25) is 0 Å². The second-order valence-corrected chi connectivity index (χ2v) is 7.26. The van der Waals surface area contributed by atoms with Crippen LogP contribution in [0.1, 0.15) is 5.56 Å². The van der Waals surface area contributed by atoms with Gasteiger partial charge in [0.05, 0.1) is 4.90 Å². The number of alkyl halides is 1. The molecule has 0 saturated carbocycles. The Morgan fingerprint density at radius 2 is 1.62 bits per heavy atom. The minimum absolute atomic E-state index is 0.330. The average molecular weight is 324 g/mol. The quantitative estimate of drug-likeness (QED) is 0.765. The maximum absolute atomic E-state index is 11.5. The molecule has 3 nitrogen and oxygen atoms in total. The molecule has 112 valence electrons. The van der Waals surface area contributed by atoms with E-state index in [4.69, 9.17) is 11.6 Å². The molecule has 0 saturated heterocycles. The first-order valence-corrected chi connectivity index (χ1v) is 9.08. The molecule has 0 fully saturated rings. The van der Waals surface area contributed by atoms with E-state index >= 15 is 0 Å². The Balaban J connectivity index is 2.22. The van der Waals surface area contributed by atoms with Crippen LogP contribution >= 0.6 is 11.6 Å². The van der Waals surface area contributed by atoms with Crippen molar-refractivity contribution in [2.24, 2.45) is 0 Å². The van der Waals surface area contributed by atoms with Crippen LogP contribution in [-0.2, 0) is 16.4 Å². The van der Waals surface area contributed by atoms with Gasteiger partial charge in [0.1, 0.15) is 0 Å². The van der Waals surface area contributed by atoms with Gasteiger partial charge in [-0.05, 0) is 29.8 Å². The van der Waals surface area contributed by atoms with Crippen LogP contribution in [0, 0.1) is 0 Å². The number of rotatable bonds is 6. The lowest BCUT2D eigenvalue weighted by atomic mass is 10.2. The number of halogens is 1. The summed E-state index contributed by atoms with van der Waals surface area (Å²) in [6.07, 6.45) is 1.21. The lowest BCUT2D eigenvalue weighted by Gasteiger charge is -2.24. The molecule has 0 aliphatic heterocycles. The molecule has 0 amide bonds. The maximum atomic E-state index is 11.5. The van der Waals surface area contributed by atoms with Crippen molar-refractivity contribution in [3.05, 3.63) is 60.2 Å². The third kappa shape index (κ3) is 4.48. The summed E-state index contributed by atoms with van der Waals surface area (Å²) in [5.74, 6) is 0.515. The number of hydrogen-bond acceptors (Lipinski definition) is 3. The lowest BCUT2D eigenvalue weighted by molar-refractivity contribution is 0.602. The molecule has 0 spiro atoms. The molecular formula is C16H18ClNO2S. The number of hydrogen-bond donors (Lipinski definition) is 0. The van der Waals surface area contributed by atoms with E-state index in [1.807, 2.05) is 30.3 Å². The van der Waals surface area contributed by atoms with E-state index in [0.717, 1.165) is 12.2 Å². The molecule has 21 heavy (non-hydrogen) atoms. The van der Waals surface area contributed by atoms with E-state index in [2.05, 4.69) is 17.0 Å². The van der Waals surface area contributed by atoms with Crippen LogP contribution < -0.4 is 4.90 Å². The third-order valence-corrected chi connectivity index (χ3v) is 4.50. The lowest BCUT2D eigenvalue weighted by Crippen LogP contribution is -2.24. The third-order valence-electron chi connectivity index (χ3n) is 3.20. The molecular weight excluding hydrogens is 306 g/mol. The van der Waals surface area contributed by atoms with Crippen molar-refractivity contribution in [2.75, 3.05) is 23.6 Å². The van der Waals surface area contributed by atoms with E-state index in [9.17, 15) is 8.42 Å². The van der Waals surface area contributed by atoms with Gasteiger partial charge >= 0.3 is 0 Å². The van der Waals surface area contributed by atoms with Crippen molar-refractivity contribution in [3.8, 4) is 0 Å². The van der Waals surface area contributed by atoms with Crippen LogP contribution in [0.3, 0.4) is 0 Å². The van der Waals surface area contributed by atoms with E-state index in [1.54, 1.807) is 12.1 Å². The molecule has 2 rings (SSSR count). The second kappa shape index (κ2) is 6.96.